The second kappa shape index (κ2) is 8.15. The summed E-state index contributed by atoms with van der Waals surface area (Å²) in [6, 6.07) is 0. The van der Waals surface area contributed by atoms with Crippen LogP contribution in [0.1, 0.15) is 48.0 Å². The van der Waals surface area contributed by atoms with Gasteiger partial charge in [-0.25, -0.2) is 0 Å². The third kappa shape index (κ3) is 12.6. The zero-order valence-corrected chi connectivity index (χ0v) is 14.5. The monoisotopic (exact) mass is 288 g/mol. The summed E-state index contributed by atoms with van der Waals surface area (Å²) in [6.07, 6.45) is 0.595. The van der Waals surface area contributed by atoms with Gasteiger partial charge in [-0.2, -0.15) is 11.8 Å². The Morgan fingerprint density at radius 1 is 1.11 bits per heavy atom. The molecule has 0 aromatic heterocycles. The van der Waals surface area contributed by atoms with Gasteiger partial charge in [0.25, 0.3) is 0 Å². The standard InChI is InChI=1S/C15H32N2OS/c1-14(2,3)10-17-13(18)8-12(9-16-7)19-11-15(4,5)6/h12,16H,8-11H2,1-7H3,(H,17,18). The minimum Gasteiger partial charge on any atom is -0.356 e. The second-order valence-corrected chi connectivity index (χ2v) is 8.88. The largest absolute Gasteiger partial charge is 0.356 e. The lowest BCUT2D eigenvalue weighted by atomic mass is 9.97. The molecule has 2 N–H and O–H groups in total. The van der Waals surface area contributed by atoms with Gasteiger partial charge < -0.3 is 10.6 Å². The van der Waals surface area contributed by atoms with Crippen LogP contribution in [0.25, 0.3) is 0 Å². The molecule has 0 spiro atoms. The Morgan fingerprint density at radius 3 is 2.11 bits per heavy atom. The number of hydrogen-bond acceptors (Lipinski definition) is 3. The van der Waals surface area contributed by atoms with E-state index in [1.165, 1.54) is 0 Å². The molecule has 0 heterocycles. The van der Waals surface area contributed by atoms with Gasteiger partial charge in [0, 0.05) is 24.8 Å². The fraction of sp³-hybridized carbons (Fsp3) is 0.933. The summed E-state index contributed by atoms with van der Waals surface area (Å²) >= 11 is 1.89. The van der Waals surface area contributed by atoms with Gasteiger partial charge in [0.15, 0.2) is 0 Å². The Labute approximate surface area is 123 Å². The highest BCUT2D eigenvalue weighted by atomic mass is 32.2. The molecule has 0 aliphatic heterocycles. The lowest BCUT2D eigenvalue weighted by molar-refractivity contribution is -0.121. The third-order valence-electron chi connectivity index (χ3n) is 2.41. The molecular formula is C15H32N2OS. The lowest BCUT2D eigenvalue weighted by Gasteiger charge is -2.23. The predicted octanol–water partition coefficient (Wildman–Crippen LogP) is 2.91. The van der Waals surface area contributed by atoms with Crippen LogP contribution in [0.5, 0.6) is 0 Å². The van der Waals surface area contributed by atoms with Crippen molar-refractivity contribution in [1.29, 1.82) is 0 Å². The minimum absolute atomic E-state index is 0.146. The van der Waals surface area contributed by atoms with Crippen LogP contribution in [0, 0.1) is 10.8 Å². The van der Waals surface area contributed by atoms with E-state index in [1.807, 2.05) is 18.8 Å². The molecule has 0 saturated heterocycles. The highest BCUT2D eigenvalue weighted by Gasteiger charge is 2.19. The van der Waals surface area contributed by atoms with E-state index < -0.39 is 0 Å². The first kappa shape index (κ1) is 18.8. The van der Waals surface area contributed by atoms with Crippen molar-refractivity contribution in [2.75, 3.05) is 25.9 Å². The van der Waals surface area contributed by atoms with Crippen LogP contribution in [0.3, 0.4) is 0 Å². The zero-order valence-electron chi connectivity index (χ0n) is 13.7. The van der Waals surface area contributed by atoms with Crippen LogP contribution in [0.15, 0.2) is 0 Å². The molecule has 114 valence electrons. The number of carbonyl (C=O) groups excluding carboxylic acids is 1. The molecule has 0 aromatic rings. The van der Waals surface area contributed by atoms with Crippen molar-refractivity contribution in [3.63, 3.8) is 0 Å². The Morgan fingerprint density at radius 2 is 1.68 bits per heavy atom. The van der Waals surface area contributed by atoms with Crippen LogP contribution >= 0.6 is 11.8 Å². The van der Waals surface area contributed by atoms with E-state index in [2.05, 4.69) is 52.2 Å². The second-order valence-electron chi connectivity index (χ2n) is 7.59. The van der Waals surface area contributed by atoms with Crippen LogP contribution in [-0.2, 0) is 4.79 Å². The van der Waals surface area contributed by atoms with E-state index in [4.69, 9.17) is 0 Å². The van der Waals surface area contributed by atoms with Crippen molar-refractivity contribution >= 4 is 17.7 Å². The summed E-state index contributed by atoms with van der Waals surface area (Å²) < 4.78 is 0. The smallest absolute Gasteiger partial charge is 0.221 e. The molecule has 1 atom stereocenters. The van der Waals surface area contributed by atoms with E-state index in [0.29, 0.717) is 17.1 Å². The van der Waals surface area contributed by atoms with Gasteiger partial charge in [0.05, 0.1) is 0 Å². The van der Waals surface area contributed by atoms with E-state index in [1.54, 1.807) is 0 Å². The topological polar surface area (TPSA) is 41.1 Å². The fourth-order valence-electron chi connectivity index (χ4n) is 1.43. The maximum atomic E-state index is 11.9. The molecule has 3 nitrogen and oxygen atoms in total. The van der Waals surface area contributed by atoms with Gasteiger partial charge in [0.1, 0.15) is 0 Å². The molecule has 0 aliphatic carbocycles. The quantitative estimate of drug-likeness (QED) is 0.757. The van der Waals surface area contributed by atoms with Gasteiger partial charge in [-0.1, -0.05) is 41.5 Å². The molecule has 0 aliphatic rings. The van der Waals surface area contributed by atoms with E-state index in [9.17, 15) is 4.79 Å². The summed E-state index contributed by atoms with van der Waals surface area (Å²) in [5.74, 6) is 1.24. The Kier molecular flexibility index (Phi) is 8.06. The van der Waals surface area contributed by atoms with Crippen molar-refractivity contribution in [2.24, 2.45) is 10.8 Å². The number of hydrogen-bond donors (Lipinski definition) is 2. The summed E-state index contributed by atoms with van der Waals surface area (Å²) in [7, 11) is 1.94. The van der Waals surface area contributed by atoms with Crippen molar-refractivity contribution in [3.05, 3.63) is 0 Å². The van der Waals surface area contributed by atoms with Crippen molar-refractivity contribution < 1.29 is 4.79 Å². The average molecular weight is 289 g/mol. The van der Waals surface area contributed by atoms with Crippen LogP contribution in [0.4, 0.5) is 0 Å². The van der Waals surface area contributed by atoms with Gasteiger partial charge in [-0.15, -0.1) is 0 Å². The summed E-state index contributed by atoms with van der Waals surface area (Å²) in [4.78, 5) is 11.9. The maximum absolute atomic E-state index is 11.9. The van der Waals surface area contributed by atoms with Crippen LogP contribution in [0.2, 0.25) is 0 Å². The summed E-state index contributed by atoms with van der Waals surface area (Å²) in [6.45, 7) is 14.7. The molecule has 0 bridgehead atoms. The molecule has 0 rings (SSSR count). The molecule has 0 saturated carbocycles. The summed E-state index contributed by atoms with van der Waals surface area (Å²) in [5.41, 5.74) is 0.450. The first-order valence-electron chi connectivity index (χ1n) is 7.06. The molecule has 4 heteroatoms. The molecule has 0 fully saturated rings. The number of rotatable bonds is 7. The Bertz CT molecular complexity index is 266. The van der Waals surface area contributed by atoms with Crippen molar-refractivity contribution in [2.45, 2.75) is 53.2 Å². The maximum Gasteiger partial charge on any atom is 0.221 e. The van der Waals surface area contributed by atoms with Gasteiger partial charge in [-0.3, -0.25) is 4.79 Å². The molecular weight excluding hydrogens is 256 g/mol. The number of amides is 1. The van der Waals surface area contributed by atoms with Gasteiger partial charge in [0.2, 0.25) is 5.91 Å². The number of carbonyl (C=O) groups is 1. The van der Waals surface area contributed by atoms with Crippen LogP contribution in [-0.4, -0.2) is 37.0 Å². The van der Waals surface area contributed by atoms with E-state index >= 15 is 0 Å². The molecule has 1 unspecified atom stereocenters. The first-order valence-corrected chi connectivity index (χ1v) is 8.11. The van der Waals surface area contributed by atoms with E-state index in [0.717, 1.165) is 18.8 Å². The fourth-order valence-corrected chi connectivity index (χ4v) is 2.72. The molecule has 1 amide bonds. The summed E-state index contributed by atoms with van der Waals surface area (Å²) in [5, 5.41) is 6.56. The zero-order chi connectivity index (χ0) is 15.1. The Balaban J connectivity index is 4.15. The Hall–Kier alpha value is -0.220. The van der Waals surface area contributed by atoms with E-state index in [-0.39, 0.29) is 11.3 Å². The SMILES string of the molecule is CNCC(CC(=O)NCC(C)(C)C)SCC(C)(C)C. The van der Waals surface area contributed by atoms with Gasteiger partial charge in [-0.05, 0) is 23.6 Å². The predicted molar refractivity (Wildman–Crippen MR) is 86.7 cm³/mol. The first-order chi connectivity index (χ1) is 8.53. The highest BCUT2D eigenvalue weighted by molar-refractivity contribution is 8.00. The lowest BCUT2D eigenvalue weighted by Crippen LogP contribution is -2.35. The normalized spacial score (nSPS) is 14.3. The third-order valence-corrected chi connectivity index (χ3v) is 4.25. The molecule has 0 radical (unpaired) electrons. The average Bonchev–Trinajstić information content (AvgIpc) is 2.21. The van der Waals surface area contributed by atoms with Crippen molar-refractivity contribution in [3.8, 4) is 0 Å². The number of nitrogens with one attached hydrogen (secondary N) is 2. The van der Waals surface area contributed by atoms with Gasteiger partial charge >= 0.3 is 0 Å². The molecule has 0 aromatic carbocycles. The van der Waals surface area contributed by atoms with Crippen molar-refractivity contribution in [1.82, 2.24) is 10.6 Å². The minimum atomic E-state index is 0.146. The molecule has 19 heavy (non-hydrogen) atoms. The highest BCUT2D eigenvalue weighted by Crippen LogP contribution is 2.25. The number of thioether (sulfide) groups is 1. The van der Waals surface area contributed by atoms with Crippen LogP contribution < -0.4 is 10.6 Å².